The molecule has 1 aromatic carbocycles. The van der Waals surface area contributed by atoms with E-state index in [0.29, 0.717) is 11.6 Å². The molecule has 0 bridgehead atoms. The first-order valence-corrected chi connectivity index (χ1v) is 7.66. The molecule has 0 heterocycles. The van der Waals surface area contributed by atoms with Gasteiger partial charge < -0.3 is 5.73 Å². The van der Waals surface area contributed by atoms with E-state index < -0.39 is 0 Å². The van der Waals surface area contributed by atoms with E-state index in [2.05, 4.69) is 18.9 Å². The van der Waals surface area contributed by atoms with Crippen LogP contribution in [0.15, 0.2) is 18.2 Å². The Balaban J connectivity index is 2.03. The Bertz CT molecular complexity index is 481. The summed E-state index contributed by atoms with van der Waals surface area (Å²) in [6.07, 6.45) is 5.04. The maximum atomic E-state index is 13.6. The quantitative estimate of drug-likeness (QED) is 0.862. The van der Waals surface area contributed by atoms with Gasteiger partial charge in [-0.05, 0) is 62.4 Å². The van der Waals surface area contributed by atoms with Crippen molar-refractivity contribution in [3.05, 3.63) is 35.1 Å². The van der Waals surface area contributed by atoms with Crippen LogP contribution in [0.25, 0.3) is 0 Å². The average Bonchev–Trinajstić information content (AvgIpc) is 2.38. The van der Waals surface area contributed by atoms with Crippen molar-refractivity contribution in [2.75, 3.05) is 7.05 Å². The van der Waals surface area contributed by atoms with Crippen molar-refractivity contribution >= 4 is 17.2 Å². The van der Waals surface area contributed by atoms with Gasteiger partial charge in [0.05, 0.1) is 0 Å². The molecule has 2 N–H and O–H groups in total. The molecule has 1 saturated carbocycles. The first-order chi connectivity index (χ1) is 9.45. The Labute approximate surface area is 126 Å². The minimum absolute atomic E-state index is 0.250. The van der Waals surface area contributed by atoms with Gasteiger partial charge in [-0.15, -0.1) is 0 Å². The minimum Gasteiger partial charge on any atom is -0.389 e. The molecule has 0 atom stereocenters. The van der Waals surface area contributed by atoms with E-state index in [1.54, 1.807) is 6.07 Å². The number of hydrogen-bond donors (Lipinski definition) is 1. The molecule has 0 spiro atoms. The smallest absolute Gasteiger partial charge is 0.124 e. The summed E-state index contributed by atoms with van der Waals surface area (Å²) in [6.45, 7) is 3.06. The van der Waals surface area contributed by atoms with E-state index in [4.69, 9.17) is 18.0 Å². The molecule has 0 radical (unpaired) electrons. The van der Waals surface area contributed by atoms with Crippen molar-refractivity contribution in [3.63, 3.8) is 0 Å². The number of nitrogens with zero attached hydrogens (tertiary/aromatic N) is 1. The summed E-state index contributed by atoms with van der Waals surface area (Å²) >= 11 is 4.93. The molecule has 20 heavy (non-hydrogen) atoms. The van der Waals surface area contributed by atoms with Gasteiger partial charge in [0.1, 0.15) is 10.8 Å². The molecular formula is C16H23FN2S. The predicted molar refractivity (Wildman–Crippen MR) is 85.2 cm³/mol. The fourth-order valence-electron chi connectivity index (χ4n) is 2.98. The summed E-state index contributed by atoms with van der Waals surface area (Å²) in [5.74, 6) is 0.575. The largest absolute Gasteiger partial charge is 0.389 e. The number of nitrogens with two attached hydrogens (primary N) is 1. The molecule has 1 fully saturated rings. The van der Waals surface area contributed by atoms with Crippen LogP contribution in [-0.2, 0) is 6.54 Å². The van der Waals surface area contributed by atoms with Gasteiger partial charge in [-0.25, -0.2) is 4.39 Å². The van der Waals surface area contributed by atoms with Crippen molar-refractivity contribution in [1.82, 2.24) is 4.90 Å². The van der Waals surface area contributed by atoms with Gasteiger partial charge in [0.15, 0.2) is 0 Å². The minimum atomic E-state index is -0.268. The molecule has 0 aliphatic heterocycles. The summed E-state index contributed by atoms with van der Waals surface area (Å²) in [6, 6.07) is 5.47. The van der Waals surface area contributed by atoms with E-state index in [0.717, 1.165) is 18.0 Å². The van der Waals surface area contributed by atoms with Gasteiger partial charge in [0, 0.05) is 18.2 Å². The number of rotatable bonds is 4. The Morgan fingerprint density at radius 2 is 1.95 bits per heavy atom. The molecule has 110 valence electrons. The molecule has 0 unspecified atom stereocenters. The third-order valence-electron chi connectivity index (χ3n) is 4.28. The molecule has 1 aromatic rings. The normalized spacial score (nSPS) is 23.0. The lowest BCUT2D eigenvalue weighted by molar-refractivity contribution is 0.164. The fourth-order valence-corrected chi connectivity index (χ4v) is 3.10. The maximum absolute atomic E-state index is 13.6. The van der Waals surface area contributed by atoms with Gasteiger partial charge in [-0.2, -0.15) is 0 Å². The van der Waals surface area contributed by atoms with Crippen molar-refractivity contribution in [2.45, 2.75) is 45.2 Å². The molecule has 1 aliphatic carbocycles. The number of halogens is 1. The van der Waals surface area contributed by atoms with Crippen LogP contribution in [-0.4, -0.2) is 23.0 Å². The van der Waals surface area contributed by atoms with Crippen molar-refractivity contribution in [3.8, 4) is 0 Å². The highest BCUT2D eigenvalue weighted by atomic mass is 32.1. The highest BCUT2D eigenvalue weighted by Gasteiger charge is 2.21. The summed E-state index contributed by atoms with van der Waals surface area (Å²) in [4.78, 5) is 2.57. The van der Waals surface area contributed by atoms with Crippen LogP contribution in [0.3, 0.4) is 0 Å². The topological polar surface area (TPSA) is 29.3 Å². The van der Waals surface area contributed by atoms with Gasteiger partial charge in [0.25, 0.3) is 0 Å². The van der Waals surface area contributed by atoms with E-state index in [-0.39, 0.29) is 10.8 Å². The molecule has 0 aromatic heterocycles. The molecule has 0 saturated heterocycles. The van der Waals surface area contributed by atoms with Crippen LogP contribution in [0.5, 0.6) is 0 Å². The summed E-state index contributed by atoms with van der Waals surface area (Å²) in [7, 11) is 2.12. The fraction of sp³-hybridized carbons (Fsp3) is 0.562. The van der Waals surface area contributed by atoms with Crippen LogP contribution in [0.4, 0.5) is 4.39 Å². The SMILES string of the molecule is CC1CCC(N(C)Cc2cc(F)cc(C(N)=S)c2)CC1. The summed E-state index contributed by atoms with van der Waals surface area (Å²) < 4.78 is 13.6. The lowest BCUT2D eigenvalue weighted by Crippen LogP contribution is -2.34. The molecule has 4 heteroatoms. The zero-order valence-electron chi connectivity index (χ0n) is 12.2. The van der Waals surface area contributed by atoms with Crippen LogP contribution < -0.4 is 5.73 Å². The lowest BCUT2D eigenvalue weighted by atomic mass is 9.86. The second-order valence-corrected chi connectivity index (χ2v) is 6.48. The van der Waals surface area contributed by atoms with Crippen LogP contribution >= 0.6 is 12.2 Å². The Morgan fingerprint density at radius 3 is 2.55 bits per heavy atom. The van der Waals surface area contributed by atoms with Gasteiger partial charge in [-0.3, -0.25) is 4.90 Å². The standard InChI is InChI=1S/C16H23FN2S/c1-11-3-5-15(6-4-11)19(2)10-12-7-13(16(18)20)9-14(17)8-12/h7-9,11,15H,3-6,10H2,1-2H3,(H2,18,20). The second kappa shape index (κ2) is 6.64. The molecule has 0 amide bonds. The highest BCUT2D eigenvalue weighted by Crippen LogP contribution is 2.27. The number of thiocarbonyl (C=S) groups is 1. The zero-order chi connectivity index (χ0) is 14.7. The summed E-state index contributed by atoms with van der Waals surface area (Å²) in [5, 5.41) is 0. The average molecular weight is 294 g/mol. The van der Waals surface area contributed by atoms with E-state index in [1.807, 2.05) is 6.07 Å². The van der Waals surface area contributed by atoms with E-state index in [9.17, 15) is 4.39 Å². The second-order valence-electron chi connectivity index (χ2n) is 6.04. The molecule has 2 nitrogen and oxygen atoms in total. The highest BCUT2D eigenvalue weighted by molar-refractivity contribution is 7.80. The van der Waals surface area contributed by atoms with Gasteiger partial charge >= 0.3 is 0 Å². The monoisotopic (exact) mass is 294 g/mol. The third-order valence-corrected chi connectivity index (χ3v) is 4.52. The van der Waals surface area contributed by atoms with E-state index >= 15 is 0 Å². The van der Waals surface area contributed by atoms with Crippen molar-refractivity contribution in [2.24, 2.45) is 11.7 Å². The van der Waals surface area contributed by atoms with Crippen LogP contribution in [0, 0.1) is 11.7 Å². The Morgan fingerprint density at radius 1 is 1.30 bits per heavy atom. The first-order valence-electron chi connectivity index (χ1n) is 7.25. The predicted octanol–water partition coefficient (Wildman–Crippen LogP) is 3.47. The third kappa shape index (κ3) is 4.00. The van der Waals surface area contributed by atoms with Crippen molar-refractivity contribution in [1.29, 1.82) is 0 Å². The van der Waals surface area contributed by atoms with Crippen LogP contribution in [0.2, 0.25) is 0 Å². The number of benzene rings is 1. The van der Waals surface area contributed by atoms with Gasteiger partial charge in [0.2, 0.25) is 0 Å². The molecule has 1 aliphatic rings. The van der Waals surface area contributed by atoms with E-state index in [1.165, 1.54) is 31.7 Å². The molecule has 2 rings (SSSR count). The molecular weight excluding hydrogens is 271 g/mol. The maximum Gasteiger partial charge on any atom is 0.124 e. The number of hydrogen-bond acceptors (Lipinski definition) is 2. The summed E-state index contributed by atoms with van der Waals surface area (Å²) in [5.41, 5.74) is 7.14. The van der Waals surface area contributed by atoms with Crippen molar-refractivity contribution < 1.29 is 4.39 Å². The zero-order valence-corrected chi connectivity index (χ0v) is 13.0. The Kier molecular flexibility index (Phi) is 5.11. The van der Waals surface area contributed by atoms with Crippen LogP contribution in [0.1, 0.15) is 43.7 Å². The van der Waals surface area contributed by atoms with Gasteiger partial charge in [-0.1, -0.05) is 19.1 Å². The Hall–Kier alpha value is -1.00. The lowest BCUT2D eigenvalue weighted by Gasteiger charge is -2.33. The first kappa shape index (κ1) is 15.4.